The summed E-state index contributed by atoms with van der Waals surface area (Å²) in [7, 11) is 1.55. The predicted octanol–water partition coefficient (Wildman–Crippen LogP) is 4.01. The molecule has 2 atom stereocenters. The fourth-order valence-corrected chi connectivity index (χ4v) is 3.56. The van der Waals surface area contributed by atoms with Crippen LogP contribution in [0.25, 0.3) is 11.3 Å². The van der Waals surface area contributed by atoms with Gasteiger partial charge in [-0.05, 0) is 32.9 Å². The van der Waals surface area contributed by atoms with E-state index in [2.05, 4.69) is 10.4 Å². The molecule has 0 aliphatic carbocycles. The summed E-state index contributed by atoms with van der Waals surface area (Å²) in [5, 5.41) is 5.81. The highest BCUT2D eigenvalue weighted by Crippen LogP contribution is 2.35. The fourth-order valence-electron chi connectivity index (χ4n) is 3.56. The number of anilines is 1. The van der Waals surface area contributed by atoms with Crippen LogP contribution >= 0.6 is 0 Å². The van der Waals surface area contributed by atoms with Crippen molar-refractivity contribution in [2.75, 3.05) is 18.9 Å². The Kier molecular flexibility index (Phi) is 5.96. The van der Waals surface area contributed by atoms with E-state index >= 15 is 0 Å². The number of carbonyl (C=O) groups excluding carboxylic acids is 2. The van der Waals surface area contributed by atoms with E-state index < -0.39 is 41.2 Å². The summed E-state index contributed by atoms with van der Waals surface area (Å²) in [6.45, 7) is 6.89. The first kappa shape index (κ1) is 23.6. The van der Waals surface area contributed by atoms with Gasteiger partial charge in [0.1, 0.15) is 17.2 Å². The van der Waals surface area contributed by atoms with Crippen LogP contribution in [0.3, 0.4) is 0 Å². The molecule has 1 aliphatic rings. The Labute approximate surface area is 182 Å². The topological polar surface area (TPSA) is 76.5 Å². The van der Waals surface area contributed by atoms with Gasteiger partial charge >= 0.3 is 6.30 Å². The van der Waals surface area contributed by atoms with Crippen LogP contribution in [-0.4, -0.2) is 45.7 Å². The molecule has 0 radical (unpaired) electrons. The van der Waals surface area contributed by atoms with Gasteiger partial charge in [-0.25, -0.2) is 4.39 Å². The maximum atomic E-state index is 14.2. The molecule has 1 fully saturated rings. The zero-order valence-electron chi connectivity index (χ0n) is 18.2. The number of nitrogens with one attached hydrogen (secondary N) is 1. The predicted molar refractivity (Wildman–Crippen MR) is 108 cm³/mol. The Morgan fingerprint density at radius 3 is 2.38 bits per heavy atom. The van der Waals surface area contributed by atoms with Gasteiger partial charge in [-0.3, -0.25) is 9.59 Å². The molecule has 32 heavy (non-hydrogen) atoms. The first-order chi connectivity index (χ1) is 14.7. The van der Waals surface area contributed by atoms with Gasteiger partial charge in [0.25, 0.3) is 0 Å². The molecular weight excluding hydrogens is 432 g/mol. The van der Waals surface area contributed by atoms with E-state index in [0.717, 1.165) is 18.2 Å². The molecule has 11 heteroatoms. The Hall–Kier alpha value is -3.11. The average molecular weight is 456 g/mol. The van der Waals surface area contributed by atoms with Crippen molar-refractivity contribution < 1.29 is 31.9 Å². The number of aromatic nitrogens is 2. The largest absolute Gasteiger partial charge is 0.505 e. The number of halogens is 4. The average Bonchev–Trinajstić information content (AvgIpc) is 3.16. The number of ether oxygens (including phenoxy) is 1. The minimum atomic E-state index is -4.92. The number of nitrogens with zero attached hydrogens (tertiary/aromatic N) is 3. The van der Waals surface area contributed by atoms with E-state index in [0.29, 0.717) is 0 Å². The number of hydrogen-bond acceptors (Lipinski definition) is 4. The maximum Gasteiger partial charge on any atom is 0.505 e. The van der Waals surface area contributed by atoms with Gasteiger partial charge in [-0.2, -0.15) is 4.68 Å². The van der Waals surface area contributed by atoms with Crippen LogP contribution in [-0.2, 0) is 15.9 Å². The van der Waals surface area contributed by atoms with Crippen LogP contribution < -0.4 is 10.1 Å². The van der Waals surface area contributed by atoms with E-state index in [1.807, 2.05) is 0 Å². The number of benzene rings is 1. The lowest BCUT2D eigenvalue weighted by molar-refractivity contribution is -0.210. The molecule has 0 spiro atoms. The fraction of sp³-hybridized carbons (Fsp3) is 0.476. The van der Waals surface area contributed by atoms with Gasteiger partial charge in [0.2, 0.25) is 11.8 Å². The molecule has 1 aliphatic heterocycles. The van der Waals surface area contributed by atoms with Crippen molar-refractivity contribution in [3.8, 4) is 17.0 Å². The normalized spacial score (nSPS) is 19.4. The molecule has 7 nitrogen and oxygen atoms in total. The van der Waals surface area contributed by atoms with Gasteiger partial charge in [-0.15, -0.1) is 18.3 Å². The third kappa shape index (κ3) is 5.03. The summed E-state index contributed by atoms with van der Waals surface area (Å²) in [6.07, 6.45) is -4.92. The number of carbonyl (C=O) groups is 2. The van der Waals surface area contributed by atoms with Crippen molar-refractivity contribution in [2.45, 2.75) is 39.6 Å². The Bertz CT molecular complexity index is 1040. The summed E-state index contributed by atoms with van der Waals surface area (Å²) in [5.74, 6) is -3.28. The van der Waals surface area contributed by atoms with E-state index in [1.54, 1.807) is 34.7 Å². The van der Waals surface area contributed by atoms with E-state index in [4.69, 9.17) is 4.74 Å². The number of alkyl halides is 3. The standard InChI is InChI=1S/C21H24F4N4O3/c1-11-15(10-28(5)19(11)31)18(30)26-17-9-16(29(27-17)21(23,24)25)12-6-13(22)8-14(7-12)32-20(2,3)4/h6-9,11,15H,10H2,1-5H3,(H,26,27,30)/t11-,15+/m1/s1. The van der Waals surface area contributed by atoms with E-state index in [1.165, 1.54) is 11.0 Å². The SMILES string of the molecule is C[C@H]1C(=O)N(C)C[C@@H]1C(=O)Nc1cc(-c2cc(F)cc(OC(C)(C)C)c2)n(C(F)(F)F)n1. The molecular formula is C21H24F4N4O3. The summed E-state index contributed by atoms with van der Waals surface area (Å²) < 4.78 is 60.4. The number of amides is 2. The molecule has 1 saturated heterocycles. The van der Waals surface area contributed by atoms with Crippen molar-refractivity contribution in [2.24, 2.45) is 11.8 Å². The van der Waals surface area contributed by atoms with Gasteiger partial charge < -0.3 is 15.0 Å². The van der Waals surface area contributed by atoms with Crippen molar-refractivity contribution in [3.63, 3.8) is 0 Å². The first-order valence-corrected chi connectivity index (χ1v) is 9.89. The zero-order valence-corrected chi connectivity index (χ0v) is 18.2. The molecule has 2 aromatic rings. The number of likely N-dealkylation sites (tertiary alicyclic amines) is 1. The second-order valence-corrected chi connectivity index (χ2v) is 8.79. The highest BCUT2D eigenvalue weighted by molar-refractivity contribution is 5.97. The molecule has 2 heterocycles. The molecule has 1 aromatic carbocycles. The highest BCUT2D eigenvalue weighted by atomic mass is 19.4. The summed E-state index contributed by atoms with van der Waals surface area (Å²) in [5.41, 5.74) is -1.30. The maximum absolute atomic E-state index is 14.2. The molecule has 174 valence electrons. The molecule has 0 saturated carbocycles. The first-order valence-electron chi connectivity index (χ1n) is 9.89. The molecule has 0 bridgehead atoms. The molecule has 3 rings (SSSR count). The second kappa shape index (κ2) is 8.10. The number of rotatable bonds is 4. The van der Waals surface area contributed by atoms with Crippen LogP contribution in [0, 0.1) is 17.7 Å². The lowest BCUT2D eigenvalue weighted by Crippen LogP contribution is -2.28. The van der Waals surface area contributed by atoms with Crippen molar-refractivity contribution in [1.82, 2.24) is 14.7 Å². The monoisotopic (exact) mass is 456 g/mol. The van der Waals surface area contributed by atoms with E-state index in [9.17, 15) is 27.2 Å². The van der Waals surface area contributed by atoms with Crippen LogP contribution in [0.5, 0.6) is 5.75 Å². The van der Waals surface area contributed by atoms with Crippen molar-refractivity contribution in [1.29, 1.82) is 0 Å². The van der Waals surface area contributed by atoms with Gasteiger partial charge in [-0.1, -0.05) is 6.92 Å². The smallest absolute Gasteiger partial charge is 0.488 e. The minimum absolute atomic E-state index is 0.0503. The van der Waals surface area contributed by atoms with Gasteiger partial charge in [0, 0.05) is 37.2 Å². The quantitative estimate of drug-likeness (QED) is 0.706. The van der Waals surface area contributed by atoms with Crippen molar-refractivity contribution >= 4 is 17.6 Å². The van der Waals surface area contributed by atoms with Crippen LogP contribution in [0.4, 0.5) is 23.4 Å². The summed E-state index contributed by atoms with van der Waals surface area (Å²) >= 11 is 0. The molecule has 0 unspecified atom stereocenters. The zero-order chi connectivity index (χ0) is 24.0. The summed E-state index contributed by atoms with van der Waals surface area (Å²) in [6, 6.07) is 4.27. The Balaban J connectivity index is 1.96. The van der Waals surface area contributed by atoms with Crippen molar-refractivity contribution in [3.05, 3.63) is 30.1 Å². The molecule has 1 aromatic heterocycles. The van der Waals surface area contributed by atoms with Crippen LogP contribution in [0.15, 0.2) is 24.3 Å². The lowest BCUT2D eigenvalue weighted by atomic mass is 9.97. The number of hydrogen-bond donors (Lipinski definition) is 1. The summed E-state index contributed by atoms with van der Waals surface area (Å²) in [4.78, 5) is 25.9. The second-order valence-electron chi connectivity index (χ2n) is 8.79. The van der Waals surface area contributed by atoms with Gasteiger partial charge in [0.05, 0.1) is 11.6 Å². The van der Waals surface area contributed by atoms with Crippen LogP contribution in [0.2, 0.25) is 0 Å². The minimum Gasteiger partial charge on any atom is -0.488 e. The molecule has 2 amide bonds. The third-order valence-corrected chi connectivity index (χ3v) is 4.97. The van der Waals surface area contributed by atoms with Gasteiger partial charge in [0.15, 0.2) is 5.82 Å². The molecule has 1 N–H and O–H groups in total. The Morgan fingerprint density at radius 2 is 1.84 bits per heavy atom. The van der Waals surface area contributed by atoms with E-state index in [-0.39, 0.29) is 34.3 Å². The lowest BCUT2D eigenvalue weighted by Gasteiger charge is -2.22. The Morgan fingerprint density at radius 1 is 1.19 bits per heavy atom. The highest BCUT2D eigenvalue weighted by Gasteiger charge is 2.40. The third-order valence-electron chi connectivity index (χ3n) is 4.97. The van der Waals surface area contributed by atoms with Crippen LogP contribution in [0.1, 0.15) is 27.7 Å².